The van der Waals surface area contributed by atoms with E-state index in [0.29, 0.717) is 6.07 Å². The van der Waals surface area contributed by atoms with Gasteiger partial charge in [-0.3, -0.25) is 9.59 Å². The zero-order chi connectivity index (χ0) is 14.9. The molecular weight excluding hydrogens is 272 g/mol. The molecule has 0 amide bonds. The van der Waals surface area contributed by atoms with Gasteiger partial charge in [-0.25, -0.2) is 8.78 Å². The summed E-state index contributed by atoms with van der Waals surface area (Å²) in [6, 6.07) is 2.79. The molecule has 1 aromatic rings. The lowest BCUT2D eigenvalue weighted by atomic mass is 9.88. The number of benzene rings is 1. The van der Waals surface area contributed by atoms with Crippen LogP contribution in [-0.2, 0) is 14.4 Å². The number of oxime groups is 1. The molecule has 0 aliphatic carbocycles. The number of ketones is 1. The maximum absolute atomic E-state index is 13.1. The van der Waals surface area contributed by atoms with E-state index >= 15 is 0 Å². The Balaban J connectivity index is 2.29. The normalized spacial score (nSPS) is 21.2. The van der Waals surface area contributed by atoms with Crippen molar-refractivity contribution in [1.29, 1.82) is 0 Å². The summed E-state index contributed by atoms with van der Waals surface area (Å²) in [6.45, 7) is 1.19. The number of aliphatic carboxylic acids is 1. The molecule has 5 nitrogen and oxygen atoms in total. The maximum Gasteiger partial charge on any atom is 0.308 e. The average Bonchev–Trinajstić information content (AvgIpc) is 2.72. The molecule has 0 spiro atoms. The van der Waals surface area contributed by atoms with Gasteiger partial charge in [0.25, 0.3) is 0 Å². The molecule has 1 aromatic carbocycles. The molecule has 7 heteroatoms. The number of carbonyl (C=O) groups excluding carboxylic acids is 1. The molecule has 1 atom stereocenters. The smallest absolute Gasteiger partial charge is 0.308 e. The van der Waals surface area contributed by atoms with Gasteiger partial charge in [0, 0.05) is 18.1 Å². The third-order valence-electron chi connectivity index (χ3n) is 3.06. The van der Waals surface area contributed by atoms with E-state index in [-0.39, 0.29) is 17.7 Å². The van der Waals surface area contributed by atoms with E-state index < -0.39 is 35.4 Å². The van der Waals surface area contributed by atoms with Crippen LogP contribution in [0, 0.1) is 11.6 Å². The first-order valence-electron chi connectivity index (χ1n) is 5.77. The zero-order valence-electron chi connectivity index (χ0n) is 10.5. The maximum atomic E-state index is 13.1. The number of Topliss-reactive ketones (excluding diaryl/α,β-unsaturated/α-hetero) is 1. The summed E-state index contributed by atoms with van der Waals surface area (Å²) < 4.78 is 26.3. The van der Waals surface area contributed by atoms with E-state index in [2.05, 4.69) is 5.16 Å². The van der Waals surface area contributed by atoms with Gasteiger partial charge in [0.15, 0.2) is 5.78 Å². The minimum atomic E-state index is -1.61. The Morgan fingerprint density at radius 2 is 1.95 bits per heavy atom. The van der Waals surface area contributed by atoms with E-state index in [9.17, 15) is 18.4 Å². The van der Waals surface area contributed by atoms with Crippen LogP contribution in [0.1, 0.15) is 25.3 Å². The molecule has 106 valence electrons. The van der Waals surface area contributed by atoms with Gasteiger partial charge in [-0.2, -0.15) is 0 Å². The van der Waals surface area contributed by atoms with Gasteiger partial charge in [-0.15, -0.1) is 0 Å². The lowest BCUT2D eigenvalue weighted by molar-refractivity contribution is -0.153. The van der Waals surface area contributed by atoms with Crippen LogP contribution in [0.25, 0.3) is 0 Å². The molecule has 1 heterocycles. The monoisotopic (exact) mass is 283 g/mol. The van der Waals surface area contributed by atoms with Crippen LogP contribution >= 0.6 is 0 Å². The Bertz CT molecular complexity index is 594. The molecule has 2 rings (SSSR count). The number of hydrogen-bond donors (Lipinski definition) is 1. The second-order valence-corrected chi connectivity index (χ2v) is 4.59. The molecule has 1 aliphatic rings. The molecule has 0 saturated carbocycles. The lowest BCUT2D eigenvalue weighted by Gasteiger charge is -2.20. The molecule has 1 unspecified atom stereocenters. The van der Waals surface area contributed by atoms with Gasteiger partial charge in [0.1, 0.15) is 11.6 Å². The molecule has 0 radical (unpaired) electrons. The minimum absolute atomic E-state index is 0.121. The van der Waals surface area contributed by atoms with Crippen LogP contribution in [-0.4, -0.2) is 28.2 Å². The zero-order valence-corrected chi connectivity index (χ0v) is 10.5. The van der Waals surface area contributed by atoms with Crippen molar-refractivity contribution in [3.05, 3.63) is 35.4 Å². The van der Waals surface area contributed by atoms with E-state index in [4.69, 9.17) is 9.94 Å². The predicted molar refractivity (Wildman–Crippen MR) is 64.3 cm³/mol. The van der Waals surface area contributed by atoms with E-state index in [1.807, 2.05) is 0 Å². The van der Waals surface area contributed by atoms with Crippen LogP contribution in [0.4, 0.5) is 8.78 Å². The number of hydrogen-bond acceptors (Lipinski definition) is 4. The van der Waals surface area contributed by atoms with Crippen LogP contribution in [0.2, 0.25) is 0 Å². The molecule has 0 bridgehead atoms. The predicted octanol–water partition coefficient (Wildman–Crippen LogP) is 1.89. The highest BCUT2D eigenvalue weighted by molar-refractivity contribution is 6.06. The summed E-state index contributed by atoms with van der Waals surface area (Å²) in [5.41, 5.74) is -1.35. The van der Waals surface area contributed by atoms with Gasteiger partial charge >= 0.3 is 5.97 Å². The molecular formula is C13H11F2NO4. The van der Waals surface area contributed by atoms with Crippen LogP contribution in [0.3, 0.4) is 0 Å². The summed E-state index contributed by atoms with van der Waals surface area (Å²) in [4.78, 5) is 27.4. The van der Waals surface area contributed by atoms with E-state index in [1.165, 1.54) is 6.92 Å². The van der Waals surface area contributed by atoms with Gasteiger partial charge < -0.3 is 9.94 Å². The molecule has 20 heavy (non-hydrogen) atoms. The number of carboxylic acids is 1. The number of nitrogens with zero attached hydrogens (tertiary/aromatic N) is 1. The molecule has 1 aliphatic heterocycles. The quantitative estimate of drug-likeness (QED) is 0.915. The fourth-order valence-electron chi connectivity index (χ4n) is 2.00. The lowest BCUT2D eigenvalue weighted by Crippen LogP contribution is -2.39. The Morgan fingerprint density at radius 3 is 2.45 bits per heavy atom. The summed E-state index contributed by atoms with van der Waals surface area (Å²) in [6.07, 6.45) is -0.704. The third kappa shape index (κ3) is 2.66. The van der Waals surface area contributed by atoms with Crippen molar-refractivity contribution < 1.29 is 28.3 Å². The summed E-state index contributed by atoms with van der Waals surface area (Å²) >= 11 is 0. The molecule has 0 aromatic heterocycles. The van der Waals surface area contributed by atoms with Gasteiger partial charge in [-0.1, -0.05) is 5.16 Å². The van der Waals surface area contributed by atoms with Crippen molar-refractivity contribution in [2.24, 2.45) is 5.16 Å². The van der Waals surface area contributed by atoms with E-state index in [1.54, 1.807) is 0 Å². The van der Waals surface area contributed by atoms with Gasteiger partial charge in [0.2, 0.25) is 5.60 Å². The SMILES string of the molecule is CC(=O)C1(CC(=O)O)CC(c2cc(F)cc(F)c2)=NO1. The first kappa shape index (κ1) is 14.1. The van der Waals surface area contributed by atoms with Crippen molar-refractivity contribution in [3.8, 4) is 0 Å². The largest absolute Gasteiger partial charge is 0.481 e. The van der Waals surface area contributed by atoms with Crippen LogP contribution < -0.4 is 0 Å². The summed E-state index contributed by atoms with van der Waals surface area (Å²) in [7, 11) is 0. The Hall–Kier alpha value is -2.31. The summed E-state index contributed by atoms with van der Waals surface area (Å²) in [5.74, 6) is -3.31. The minimum Gasteiger partial charge on any atom is -0.481 e. The topological polar surface area (TPSA) is 76.0 Å². The Morgan fingerprint density at radius 1 is 1.35 bits per heavy atom. The molecule has 1 N–H and O–H groups in total. The highest BCUT2D eigenvalue weighted by atomic mass is 19.1. The van der Waals surface area contributed by atoms with Crippen molar-refractivity contribution in [2.75, 3.05) is 0 Å². The average molecular weight is 283 g/mol. The van der Waals surface area contributed by atoms with Crippen molar-refractivity contribution in [2.45, 2.75) is 25.4 Å². The van der Waals surface area contributed by atoms with Crippen molar-refractivity contribution in [1.82, 2.24) is 0 Å². The van der Waals surface area contributed by atoms with Gasteiger partial charge in [-0.05, 0) is 19.1 Å². The highest BCUT2D eigenvalue weighted by Gasteiger charge is 2.46. The number of carbonyl (C=O) groups is 2. The fraction of sp³-hybridized carbons (Fsp3) is 0.308. The van der Waals surface area contributed by atoms with Crippen LogP contribution in [0.15, 0.2) is 23.4 Å². The van der Waals surface area contributed by atoms with Crippen molar-refractivity contribution >= 4 is 17.5 Å². The molecule has 0 saturated heterocycles. The third-order valence-corrected chi connectivity index (χ3v) is 3.06. The first-order valence-corrected chi connectivity index (χ1v) is 5.77. The number of halogens is 2. The number of carboxylic acid groups (broad SMARTS) is 1. The summed E-state index contributed by atoms with van der Waals surface area (Å²) in [5, 5.41) is 12.4. The Kier molecular flexibility index (Phi) is 3.52. The Labute approximate surface area is 112 Å². The second-order valence-electron chi connectivity index (χ2n) is 4.59. The van der Waals surface area contributed by atoms with Crippen LogP contribution in [0.5, 0.6) is 0 Å². The standard InChI is InChI=1S/C13H11F2NO4/c1-7(17)13(6-12(18)19)5-11(16-20-13)8-2-9(14)4-10(15)3-8/h2-4H,5-6H2,1H3,(H,18,19). The first-order chi connectivity index (χ1) is 9.32. The fourth-order valence-corrected chi connectivity index (χ4v) is 2.00. The molecule has 0 fully saturated rings. The van der Waals surface area contributed by atoms with Gasteiger partial charge in [0.05, 0.1) is 12.1 Å². The highest BCUT2D eigenvalue weighted by Crippen LogP contribution is 2.31. The number of rotatable bonds is 4. The second kappa shape index (κ2) is 4.99. The van der Waals surface area contributed by atoms with Crippen molar-refractivity contribution in [3.63, 3.8) is 0 Å². The van der Waals surface area contributed by atoms with E-state index in [0.717, 1.165) is 12.1 Å².